The standard InChI is InChI=1S/C20H35N5O.HI/c1-6-21-19(23-15-17(26-5)20(2,3)4)24-16-10-13-25(14-11-16)18-9-7-8-12-22-18;/h7-9,12,16-17H,6,10-11,13-15H2,1-5H3,(H2,21,23,24);1H. The van der Waals surface area contributed by atoms with Gasteiger partial charge in [-0.1, -0.05) is 26.8 Å². The van der Waals surface area contributed by atoms with Gasteiger partial charge in [-0.05, 0) is 37.3 Å². The number of methoxy groups -OCH3 is 1. The number of rotatable bonds is 6. The molecule has 2 N–H and O–H groups in total. The van der Waals surface area contributed by atoms with Crippen LogP contribution < -0.4 is 15.5 Å². The maximum atomic E-state index is 5.62. The van der Waals surface area contributed by atoms with Crippen molar-refractivity contribution in [2.45, 2.75) is 52.7 Å². The van der Waals surface area contributed by atoms with Gasteiger partial charge >= 0.3 is 0 Å². The molecule has 1 fully saturated rings. The Morgan fingerprint density at radius 1 is 1.33 bits per heavy atom. The van der Waals surface area contributed by atoms with Crippen LogP contribution in [0, 0.1) is 5.41 Å². The van der Waals surface area contributed by atoms with Crippen molar-refractivity contribution in [3.05, 3.63) is 24.4 Å². The van der Waals surface area contributed by atoms with E-state index in [0.717, 1.165) is 44.3 Å². The first-order chi connectivity index (χ1) is 12.4. The molecule has 1 saturated heterocycles. The Labute approximate surface area is 181 Å². The first kappa shape index (κ1) is 23.9. The maximum absolute atomic E-state index is 5.62. The molecular weight excluding hydrogens is 453 g/mol. The third-order valence-corrected chi connectivity index (χ3v) is 4.82. The van der Waals surface area contributed by atoms with E-state index >= 15 is 0 Å². The molecule has 1 aliphatic heterocycles. The Morgan fingerprint density at radius 2 is 2.04 bits per heavy atom. The quantitative estimate of drug-likeness (QED) is 0.365. The highest BCUT2D eigenvalue weighted by molar-refractivity contribution is 14.0. The number of piperidine rings is 1. The lowest BCUT2D eigenvalue weighted by Crippen LogP contribution is -2.49. The van der Waals surface area contributed by atoms with Crippen LogP contribution in [0.15, 0.2) is 29.4 Å². The number of aliphatic imine (C=N–C) groups is 1. The van der Waals surface area contributed by atoms with Crippen LogP contribution in [0.2, 0.25) is 0 Å². The molecule has 1 unspecified atom stereocenters. The third-order valence-electron chi connectivity index (χ3n) is 4.82. The molecule has 0 bridgehead atoms. The monoisotopic (exact) mass is 489 g/mol. The molecule has 0 saturated carbocycles. The van der Waals surface area contributed by atoms with Crippen LogP contribution in [0.25, 0.3) is 0 Å². The number of hydrogen-bond donors (Lipinski definition) is 2. The Morgan fingerprint density at radius 3 is 2.56 bits per heavy atom. The fourth-order valence-corrected chi connectivity index (χ4v) is 3.18. The topological polar surface area (TPSA) is 61.8 Å². The summed E-state index contributed by atoms with van der Waals surface area (Å²) in [5.41, 5.74) is 0.0730. The SMILES string of the molecule is CCNC(=NCC(OC)C(C)(C)C)NC1CCN(c2ccccn2)CC1.I. The van der Waals surface area contributed by atoms with Crippen molar-refractivity contribution >= 4 is 35.8 Å². The summed E-state index contributed by atoms with van der Waals surface area (Å²) < 4.78 is 5.62. The van der Waals surface area contributed by atoms with Gasteiger partial charge in [0.1, 0.15) is 5.82 Å². The molecule has 27 heavy (non-hydrogen) atoms. The van der Waals surface area contributed by atoms with E-state index in [0.29, 0.717) is 12.6 Å². The van der Waals surface area contributed by atoms with Crippen molar-refractivity contribution < 1.29 is 4.74 Å². The summed E-state index contributed by atoms with van der Waals surface area (Å²) in [5, 5.41) is 6.96. The number of nitrogens with zero attached hydrogens (tertiary/aromatic N) is 3. The molecule has 7 heteroatoms. The van der Waals surface area contributed by atoms with Crippen LogP contribution in [0.3, 0.4) is 0 Å². The van der Waals surface area contributed by atoms with Gasteiger partial charge in [-0.2, -0.15) is 0 Å². The molecule has 2 rings (SSSR count). The summed E-state index contributed by atoms with van der Waals surface area (Å²) in [6.07, 6.45) is 4.11. The van der Waals surface area contributed by atoms with E-state index in [9.17, 15) is 0 Å². The fourth-order valence-electron chi connectivity index (χ4n) is 3.18. The van der Waals surface area contributed by atoms with Crippen molar-refractivity contribution in [2.75, 3.05) is 38.2 Å². The highest BCUT2D eigenvalue weighted by Gasteiger charge is 2.25. The average Bonchev–Trinajstić information content (AvgIpc) is 2.62. The first-order valence-corrected chi connectivity index (χ1v) is 9.67. The van der Waals surface area contributed by atoms with Crippen LogP contribution in [-0.2, 0) is 4.74 Å². The summed E-state index contributed by atoms with van der Waals surface area (Å²) in [4.78, 5) is 11.6. The largest absolute Gasteiger partial charge is 0.379 e. The Balaban J connectivity index is 0.00000364. The van der Waals surface area contributed by atoms with Crippen LogP contribution in [0.1, 0.15) is 40.5 Å². The Bertz CT molecular complexity index is 553. The van der Waals surface area contributed by atoms with Crippen LogP contribution in [-0.4, -0.2) is 56.4 Å². The van der Waals surface area contributed by atoms with E-state index in [1.165, 1.54) is 0 Å². The first-order valence-electron chi connectivity index (χ1n) is 9.67. The Kier molecular flexibility index (Phi) is 10.4. The summed E-state index contributed by atoms with van der Waals surface area (Å²) in [6.45, 7) is 12.2. The molecule has 1 aliphatic rings. The number of anilines is 1. The Hall–Kier alpha value is -1.09. The molecule has 0 spiro atoms. The van der Waals surface area contributed by atoms with E-state index in [-0.39, 0.29) is 35.5 Å². The van der Waals surface area contributed by atoms with E-state index in [4.69, 9.17) is 9.73 Å². The lowest BCUT2D eigenvalue weighted by atomic mass is 9.89. The van der Waals surface area contributed by atoms with E-state index in [1.807, 2.05) is 18.3 Å². The van der Waals surface area contributed by atoms with Gasteiger partial charge < -0.3 is 20.3 Å². The molecule has 2 heterocycles. The van der Waals surface area contributed by atoms with Crippen molar-refractivity contribution in [3.8, 4) is 0 Å². The molecular formula is C20H36IN5O. The van der Waals surface area contributed by atoms with Crippen molar-refractivity contribution in [2.24, 2.45) is 10.4 Å². The molecule has 1 atom stereocenters. The number of halogens is 1. The molecule has 0 amide bonds. The minimum Gasteiger partial charge on any atom is -0.379 e. The number of guanidine groups is 1. The van der Waals surface area contributed by atoms with Gasteiger partial charge in [0, 0.05) is 39.0 Å². The van der Waals surface area contributed by atoms with Crippen LogP contribution >= 0.6 is 24.0 Å². The van der Waals surface area contributed by atoms with Crippen molar-refractivity contribution in [3.63, 3.8) is 0 Å². The third kappa shape index (κ3) is 7.81. The lowest BCUT2D eigenvalue weighted by Gasteiger charge is -2.34. The molecule has 1 aromatic heterocycles. The van der Waals surface area contributed by atoms with Gasteiger partial charge in [0.15, 0.2) is 5.96 Å². The van der Waals surface area contributed by atoms with Gasteiger partial charge in [0.05, 0.1) is 12.6 Å². The van der Waals surface area contributed by atoms with Crippen LogP contribution in [0.4, 0.5) is 5.82 Å². The molecule has 0 aliphatic carbocycles. The number of hydrogen-bond acceptors (Lipinski definition) is 4. The molecule has 154 valence electrons. The number of nitrogens with one attached hydrogen (secondary N) is 2. The zero-order chi connectivity index (χ0) is 19.0. The second-order valence-electron chi connectivity index (χ2n) is 7.90. The smallest absolute Gasteiger partial charge is 0.191 e. The molecule has 0 aromatic carbocycles. The number of pyridine rings is 1. The van der Waals surface area contributed by atoms with Gasteiger partial charge in [-0.25, -0.2) is 4.98 Å². The average molecular weight is 489 g/mol. The normalized spacial score (nSPS) is 17.2. The number of aromatic nitrogens is 1. The van der Waals surface area contributed by atoms with Gasteiger partial charge in [0.2, 0.25) is 0 Å². The number of ether oxygens (including phenoxy) is 1. The van der Waals surface area contributed by atoms with Gasteiger partial charge in [-0.3, -0.25) is 4.99 Å². The fraction of sp³-hybridized carbons (Fsp3) is 0.700. The minimum absolute atomic E-state index is 0. The lowest BCUT2D eigenvalue weighted by molar-refractivity contribution is 0.0241. The van der Waals surface area contributed by atoms with Gasteiger partial charge in [-0.15, -0.1) is 24.0 Å². The summed E-state index contributed by atoms with van der Waals surface area (Å²) in [7, 11) is 1.76. The predicted octanol–water partition coefficient (Wildman–Crippen LogP) is 3.28. The molecule has 6 nitrogen and oxygen atoms in total. The summed E-state index contributed by atoms with van der Waals surface area (Å²) in [6, 6.07) is 6.52. The van der Waals surface area contributed by atoms with Crippen molar-refractivity contribution in [1.82, 2.24) is 15.6 Å². The van der Waals surface area contributed by atoms with E-state index in [1.54, 1.807) is 7.11 Å². The van der Waals surface area contributed by atoms with Gasteiger partial charge in [0.25, 0.3) is 0 Å². The van der Waals surface area contributed by atoms with E-state index < -0.39 is 0 Å². The second-order valence-corrected chi connectivity index (χ2v) is 7.90. The van der Waals surface area contributed by atoms with Crippen LogP contribution in [0.5, 0.6) is 0 Å². The second kappa shape index (κ2) is 11.7. The zero-order valence-corrected chi connectivity index (χ0v) is 19.7. The predicted molar refractivity (Wildman–Crippen MR) is 124 cm³/mol. The maximum Gasteiger partial charge on any atom is 0.191 e. The summed E-state index contributed by atoms with van der Waals surface area (Å²) >= 11 is 0. The highest BCUT2D eigenvalue weighted by atomic mass is 127. The zero-order valence-electron chi connectivity index (χ0n) is 17.4. The van der Waals surface area contributed by atoms with E-state index in [2.05, 4.69) is 54.3 Å². The molecule has 0 radical (unpaired) electrons. The van der Waals surface area contributed by atoms with Crippen molar-refractivity contribution in [1.29, 1.82) is 0 Å². The molecule has 1 aromatic rings. The highest BCUT2D eigenvalue weighted by Crippen LogP contribution is 2.22. The summed E-state index contributed by atoms with van der Waals surface area (Å²) in [5.74, 6) is 1.95. The minimum atomic E-state index is 0.